The molecule has 7 heteroatoms. The molecular weight excluding hydrogens is 391 g/mol. The van der Waals surface area contributed by atoms with Crippen LogP contribution in [0.15, 0.2) is 72.7 Å². The lowest BCUT2D eigenvalue weighted by atomic mass is 9.89. The lowest BCUT2D eigenvalue weighted by Crippen LogP contribution is -2.41. The van der Waals surface area contributed by atoms with Crippen LogP contribution in [0.1, 0.15) is 36.8 Å². The second kappa shape index (κ2) is 8.65. The van der Waals surface area contributed by atoms with E-state index in [1.165, 1.54) is 11.6 Å². The Labute approximate surface area is 173 Å². The Morgan fingerprint density at radius 1 is 1.10 bits per heavy atom. The molecule has 0 saturated heterocycles. The maximum Gasteiger partial charge on any atom is 0.417 e. The van der Waals surface area contributed by atoms with E-state index in [0.717, 1.165) is 43.5 Å². The molecule has 4 rings (SSSR count). The summed E-state index contributed by atoms with van der Waals surface area (Å²) in [6.07, 6.45) is 10.7. The molecule has 156 valence electrons. The van der Waals surface area contributed by atoms with Crippen LogP contribution in [0.5, 0.6) is 11.6 Å². The summed E-state index contributed by atoms with van der Waals surface area (Å²) < 4.78 is 43.6. The van der Waals surface area contributed by atoms with Gasteiger partial charge in [-0.25, -0.2) is 4.98 Å². The van der Waals surface area contributed by atoms with Gasteiger partial charge in [0, 0.05) is 24.7 Å². The minimum Gasteiger partial charge on any atom is -0.439 e. The number of halogens is 3. The Morgan fingerprint density at radius 3 is 2.60 bits per heavy atom. The summed E-state index contributed by atoms with van der Waals surface area (Å²) in [5.41, 5.74) is 4.85. The summed E-state index contributed by atoms with van der Waals surface area (Å²) in [5, 5.41) is 2.16. The molecule has 0 spiro atoms. The van der Waals surface area contributed by atoms with Gasteiger partial charge in [-0.15, -0.1) is 0 Å². The number of benzene rings is 1. The van der Waals surface area contributed by atoms with Crippen molar-refractivity contribution in [1.82, 2.24) is 15.4 Å². The molecule has 0 bridgehead atoms. The highest BCUT2D eigenvalue weighted by molar-refractivity contribution is 5.55. The normalized spacial score (nSPS) is 18.8. The zero-order chi connectivity index (χ0) is 21.0. The van der Waals surface area contributed by atoms with Gasteiger partial charge in [0.1, 0.15) is 5.75 Å². The van der Waals surface area contributed by atoms with Crippen molar-refractivity contribution in [2.24, 2.45) is 0 Å². The first-order chi connectivity index (χ1) is 14.5. The minimum atomic E-state index is -4.41. The van der Waals surface area contributed by atoms with E-state index >= 15 is 0 Å². The first-order valence-electron chi connectivity index (χ1n) is 9.86. The van der Waals surface area contributed by atoms with Crippen LogP contribution in [0.4, 0.5) is 13.2 Å². The molecule has 2 aromatic rings. The van der Waals surface area contributed by atoms with Gasteiger partial charge in [0.2, 0.25) is 5.88 Å². The van der Waals surface area contributed by atoms with Gasteiger partial charge in [0.15, 0.2) is 0 Å². The van der Waals surface area contributed by atoms with Gasteiger partial charge in [0.25, 0.3) is 0 Å². The number of allylic oxidation sites excluding steroid dienone is 3. The van der Waals surface area contributed by atoms with Crippen LogP contribution in [0.25, 0.3) is 6.08 Å². The Hall–Kier alpha value is -3.22. The Kier molecular flexibility index (Phi) is 5.79. The van der Waals surface area contributed by atoms with Crippen LogP contribution < -0.4 is 10.2 Å². The fourth-order valence-electron chi connectivity index (χ4n) is 3.63. The molecule has 0 unspecified atom stereocenters. The average molecular weight is 413 g/mol. The predicted octanol–water partition coefficient (Wildman–Crippen LogP) is 6.07. The average Bonchev–Trinajstić information content (AvgIpc) is 2.75. The molecule has 1 aromatic carbocycles. The third-order valence-electron chi connectivity index (χ3n) is 5.18. The number of hydrazine groups is 1. The van der Waals surface area contributed by atoms with Gasteiger partial charge >= 0.3 is 6.18 Å². The van der Waals surface area contributed by atoms with Crippen molar-refractivity contribution in [3.63, 3.8) is 0 Å². The number of hydrogen-bond acceptors (Lipinski definition) is 4. The largest absolute Gasteiger partial charge is 0.439 e. The smallest absolute Gasteiger partial charge is 0.417 e. The third-order valence-corrected chi connectivity index (χ3v) is 5.18. The van der Waals surface area contributed by atoms with E-state index < -0.39 is 11.7 Å². The standard InChI is InChI=1S/C23H22F3N3O/c24-23(25,26)19-8-11-22(27-16-19)30-21-5-3-4-18(15-21)14-17-6-9-20(10-7-17)29-13-2-1-12-28-29/h1-5,8,11-16,20,28H,6-7,9-10H2. The molecule has 1 fully saturated rings. The summed E-state index contributed by atoms with van der Waals surface area (Å²) in [5.74, 6) is 0.671. The van der Waals surface area contributed by atoms with Crippen molar-refractivity contribution < 1.29 is 17.9 Å². The van der Waals surface area contributed by atoms with E-state index in [9.17, 15) is 13.2 Å². The summed E-state index contributed by atoms with van der Waals surface area (Å²) >= 11 is 0. The van der Waals surface area contributed by atoms with Gasteiger partial charge in [0.05, 0.1) is 11.6 Å². The van der Waals surface area contributed by atoms with E-state index in [0.29, 0.717) is 11.8 Å². The van der Waals surface area contributed by atoms with Crippen molar-refractivity contribution in [3.05, 3.63) is 83.8 Å². The van der Waals surface area contributed by atoms with E-state index in [-0.39, 0.29) is 5.88 Å². The number of hydrogen-bond donors (Lipinski definition) is 1. The number of nitrogens with one attached hydrogen (secondary N) is 1. The van der Waals surface area contributed by atoms with Gasteiger partial charge in [-0.05, 0) is 61.6 Å². The summed E-state index contributed by atoms with van der Waals surface area (Å²) in [4.78, 5) is 3.76. The Bertz CT molecular complexity index is 954. The van der Waals surface area contributed by atoms with Gasteiger partial charge in [-0.2, -0.15) is 13.2 Å². The minimum absolute atomic E-state index is 0.129. The predicted molar refractivity (Wildman–Crippen MR) is 109 cm³/mol. The summed E-state index contributed by atoms with van der Waals surface area (Å²) in [7, 11) is 0. The Balaban J connectivity index is 1.38. The molecule has 30 heavy (non-hydrogen) atoms. The quantitative estimate of drug-likeness (QED) is 0.661. The van der Waals surface area contributed by atoms with E-state index in [4.69, 9.17) is 4.74 Å². The molecule has 1 saturated carbocycles. The highest BCUT2D eigenvalue weighted by atomic mass is 19.4. The van der Waals surface area contributed by atoms with Gasteiger partial charge in [-0.3, -0.25) is 5.01 Å². The van der Waals surface area contributed by atoms with Crippen LogP contribution in [0.2, 0.25) is 0 Å². The molecule has 0 radical (unpaired) electrons. The number of pyridine rings is 1. The van der Waals surface area contributed by atoms with Crippen LogP contribution in [0.3, 0.4) is 0 Å². The summed E-state index contributed by atoms with van der Waals surface area (Å²) in [6, 6.07) is 10.2. The fraction of sp³-hybridized carbons (Fsp3) is 0.261. The molecule has 2 heterocycles. The Morgan fingerprint density at radius 2 is 1.93 bits per heavy atom. The maximum absolute atomic E-state index is 12.7. The van der Waals surface area contributed by atoms with E-state index in [1.54, 1.807) is 6.07 Å². The first kappa shape index (κ1) is 20.1. The van der Waals surface area contributed by atoms with Gasteiger partial charge < -0.3 is 10.2 Å². The molecule has 1 aliphatic carbocycles. The van der Waals surface area contributed by atoms with Crippen molar-refractivity contribution in [1.29, 1.82) is 0 Å². The molecule has 1 aliphatic heterocycles. The van der Waals surface area contributed by atoms with Crippen LogP contribution in [-0.2, 0) is 6.18 Å². The van der Waals surface area contributed by atoms with Crippen molar-refractivity contribution in [2.75, 3.05) is 0 Å². The molecular formula is C23H22F3N3O. The highest BCUT2D eigenvalue weighted by Gasteiger charge is 2.30. The molecule has 0 atom stereocenters. The lowest BCUT2D eigenvalue weighted by Gasteiger charge is -2.35. The molecule has 0 amide bonds. The number of alkyl halides is 3. The number of ether oxygens (including phenoxy) is 1. The van der Waals surface area contributed by atoms with Crippen LogP contribution in [-0.4, -0.2) is 16.0 Å². The zero-order valence-corrected chi connectivity index (χ0v) is 16.3. The highest BCUT2D eigenvalue weighted by Crippen LogP contribution is 2.31. The molecule has 1 N–H and O–H groups in total. The van der Waals surface area contributed by atoms with Gasteiger partial charge in [-0.1, -0.05) is 23.8 Å². The molecule has 4 nitrogen and oxygen atoms in total. The molecule has 1 aromatic heterocycles. The number of rotatable bonds is 4. The fourth-order valence-corrected chi connectivity index (χ4v) is 3.63. The number of aromatic nitrogens is 1. The van der Waals surface area contributed by atoms with Crippen molar-refractivity contribution in [2.45, 2.75) is 37.9 Å². The topological polar surface area (TPSA) is 37.4 Å². The first-order valence-corrected chi connectivity index (χ1v) is 9.86. The number of nitrogens with zero attached hydrogens (tertiary/aromatic N) is 2. The second-order valence-electron chi connectivity index (χ2n) is 7.33. The van der Waals surface area contributed by atoms with Crippen molar-refractivity contribution >= 4 is 6.08 Å². The molecule has 2 aliphatic rings. The summed E-state index contributed by atoms with van der Waals surface area (Å²) in [6.45, 7) is 0. The van der Waals surface area contributed by atoms with Crippen molar-refractivity contribution in [3.8, 4) is 11.6 Å². The lowest BCUT2D eigenvalue weighted by molar-refractivity contribution is -0.137. The van der Waals surface area contributed by atoms with Crippen LogP contribution >= 0.6 is 0 Å². The second-order valence-corrected chi connectivity index (χ2v) is 7.33. The monoisotopic (exact) mass is 413 g/mol. The zero-order valence-electron chi connectivity index (χ0n) is 16.3. The van der Waals surface area contributed by atoms with E-state index in [2.05, 4.69) is 27.7 Å². The SMILES string of the molecule is FC(F)(F)c1ccc(Oc2cccc(C=C3CCC(N4C=CC=CN4)CC3)c2)nc1. The maximum atomic E-state index is 12.7. The van der Waals surface area contributed by atoms with E-state index in [1.807, 2.05) is 36.6 Å². The van der Waals surface area contributed by atoms with Crippen LogP contribution in [0, 0.1) is 0 Å². The third kappa shape index (κ3) is 5.03.